The van der Waals surface area contributed by atoms with Gasteiger partial charge in [-0.1, -0.05) is 255 Å². The van der Waals surface area contributed by atoms with Crippen LogP contribution in [0, 0.1) is 0 Å². The van der Waals surface area contributed by atoms with E-state index in [-0.39, 0.29) is 5.92 Å². The van der Waals surface area contributed by atoms with E-state index < -0.39 is 43.7 Å². The van der Waals surface area contributed by atoms with Crippen molar-refractivity contribution in [1.29, 1.82) is 0 Å². The lowest BCUT2D eigenvalue weighted by molar-refractivity contribution is 0.174. The Labute approximate surface area is 358 Å². The summed E-state index contributed by atoms with van der Waals surface area (Å²) in [6.07, 6.45) is 5.05. The number of benzene rings is 8. The van der Waals surface area contributed by atoms with Crippen LogP contribution >= 0.6 is 0 Å². The molecular formula is C54H46O3Si3. The van der Waals surface area contributed by atoms with E-state index in [0.717, 1.165) is 15.9 Å². The van der Waals surface area contributed by atoms with Crippen LogP contribution in [0.1, 0.15) is 39.3 Å². The highest BCUT2D eigenvalue weighted by Gasteiger charge is 2.73. The van der Waals surface area contributed by atoms with Gasteiger partial charge in [0.1, 0.15) is 0 Å². The van der Waals surface area contributed by atoms with Crippen molar-refractivity contribution in [2.75, 3.05) is 0 Å². The fourth-order valence-electron chi connectivity index (χ4n) is 10.5. The van der Waals surface area contributed by atoms with E-state index in [0.29, 0.717) is 0 Å². The van der Waals surface area contributed by atoms with Gasteiger partial charge < -0.3 is 12.3 Å². The quantitative estimate of drug-likeness (QED) is 0.107. The van der Waals surface area contributed by atoms with Crippen molar-refractivity contribution in [2.45, 2.75) is 21.8 Å². The summed E-state index contributed by atoms with van der Waals surface area (Å²) in [5.41, 5.74) is 5.56. The molecule has 10 rings (SSSR count). The third-order valence-corrected chi connectivity index (χ3v) is 22.3. The highest BCUT2D eigenvalue weighted by Crippen LogP contribution is 2.70. The maximum absolute atomic E-state index is 7.84. The monoisotopic (exact) mass is 826 g/mol. The van der Waals surface area contributed by atoms with Gasteiger partial charge in [0.25, 0.3) is 0 Å². The Hall–Kier alpha value is -5.97. The first-order valence-electron chi connectivity index (χ1n) is 20.8. The molecule has 1 saturated heterocycles. The Morgan fingerprint density at radius 2 is 0.667 bits per heavy atom. The molecule has 8 aromatic carbocycles. The zero-order chi connectivity index (χ0) is 40.2. The molecule has 292 valence electrons. The molecule has 0 spiro atoms. The average Bonchev–Trinajstić information content (AvgIpc) is 3.35. The van der Waals surface area contributed by atoms with Crippen molar-refractivity contribution in [1.82, 2.24) is 0 Å². The SMILES string of the molecule is C1=CC(c2ccccc2)([SiH]2O[SiH](c3ccccc3)O[SiH](c3ccccc3)O2)C(c2ccccc2)(c2ccccc2)C(c2ccccc2)(c2ccccc2)C1c1ccccc1. The third kappa shape index (κ3) is 6.18. The molecule has 0 amide bonds. The van der Waals surface area contributed by atoms with Crippen LogP contribution < -0.4 is 10.4 Å². The first-order valence-corrected chi connectivity index (χ1v) is 25.4. The van der Waals surface area contributed by atoms with Gasteiger partial charge >= 0.3 is 27.9 Å². The molecule has 4 atom stereocenters. The number of hydrogen-bond donors (Lipinski definition) is 0. The second-order valence-electron chi connectivity index (χ2n) is 15.7. The van der Waals surface area contributed by atoms with Crippen LogP contribution in [-0.2, 0) is 28.2 Å². The van der Waals surface area contributed by atoms with Crippen molar-refractivity contribution in [3.63, 3.8) is 0 Å². The van der Waals surface area contributed by atoms with Gasteiger partial charge in [-0.25, -0.2) is 0 Å². The minimum Gasteiger partial charge on any atom is -0.416 e. The summed E-state index contributed by atoms with van der Waals surface area (Å²) in [6, 6.07) is 88.6. The smallest absolute Gasteiger partial charge is 0.338 e. The molecular weight excluding hydrogens is 781 g/mol. The number of allylic oxidation sites excluding steroid dienone is 2. The molecule has 0 aromatic heterocycles. The van der Waals surface area contributed by atoms with Gasteiger partial charge in [0.2, 0.25) is 0 Å². The molecule has 1 aliphatic carbocycles. The van der Waals surface area contributed by atoms with Gasteiger partial charge in [-0.05, 0) is 43.8 Å². The Kier molecular flexibility index (Phi) is 10.6. The summed E-state index contributed by atoms with van der Waals surface area (Å²) in [6.45, 7) is 0. The normalized spacial score (nSPS) is 23.1. The van der Waals surface area contributed by atoms with Crippen molar-refractivity contribution in [3.05, 3.63) is 288 Å². The summed E-state index contributed by atoms with van der Waals surface area (Å²) in [5, 5.41) is 1.39. The fourth-order valence-corrected chi connectivity index (χ4v) is 22.7. The molecule has 8 aromatic rings. The van der Waals surface area contributed by atoms with Crippen LogP contribution in [0.2, 0.25) is 0 Å². The van der Waals surface area contributed by atoms with E-state index in [1.54, 1.807) is 0 Å². The summed E-state index contributed by atoms with van der Waals surface area (Å²) in [4.78, 5) is 0. The molecule has 2 aliphatic rings. The van der Waals surface area contributed by atoms with Crippen molar-refractivity contribution in [3.8, 4) is 0 Å². The zero-order valence-electron chi connectivity index (χ0n) is 33.3. The fraction of sp³-hybridized carbons (Fsp3) is 0.0741. The van der Waals surface area contributed by atoms with Gasteiger partial charge in [0.05, 0.1) is 5.04 Å². The van der Waals surface area contributed by atoms with Crippen LogP contribution in [0.5, 0.6) is 0 Å². The molecule has 60 heavy (non-hydrogen) atoms. The number of hydrogen-bond acceptors (Lipinski definition) is 3. The van der Waals surface area contributed by atoms with Gasteiger partial charge in [-0.2, -0.15) is 0 Å². The summed E-state index contributed by atoms with van der Waals surface area (Å²) in [7, 11) is -8.14. The average molecular weight is 827 g/mol. The predicted octanol–water partition coefficient (Wildman–Crippen LogP) is 9.33. The molecule has 0 radical (unpaired) electrons. The predicted molar refractivity (Wildman–Crippen MR) is 251 cm³/mol. The number of rotatable bonds is 9. The largest absolute Gasteiger partial charge is 0.416 e. The van der Waals surface area contributed by atoms with Crippen LogP contribution in [-0.4, -0.2) is 27.9 Å². The molecule has 4 unspecified atom stereocenters. The molecule has 0 saturated carbocycles. The van der Waals surface area contributed by atoms with E-state index in [4.69, 9.17) is 12.3 Å². The van der Waals surface area contributed by atoms with E-state index in [1.807, 2.05) is 0 Å². The minimum atomic E-state index is -3.03. The highest BCUT2D eigenvalue weighted by molar-refractivity contribution is 6.84. The second kappa shape index (κ2) is 16.6. The first-order chi connectivity index (χ1) is 29.8. The Morgan fingerprint density at radius 3 is 1.07 bits per heavy atom. The van der Waals surface area contributed by atoms with E-state index in [2.05, 4.69) is 255 Å². The summed E-state index contributed by atoms with van der Waals surface area (Å²) in [5.74, 6) is -0.126. The standard InChI is InChI=1S/C54H46O3Si3/c1-9-25-43(26-10-1)51-41-42-52(44-27-11-2-12-28-44,60-56-58(49-37-21-7-22-38-49)55-59(57-60)50-39-23-8-24-40-50)54(47-33-17-5-18-34-47,48-35-19-6-20-36-48)53(51,45-29-13-3-14-30-45)46-31-15-4-16-32-46/h1-42,51,58-60H. The van der Waals surface area contributed by atoms with Crippen molar-refractivity contribution < 1.29 is 12.3 Å². The molecule has 0 bridgehead atoms. The topological polar surface area (TPSA) is 27.7 Å². The van der Waals surface area contributed by atoms with E-state index in [1.165, 1.54) is 27.8 Å². The minimum absolute atomic E-state index is 0.126. The molecule has 1 aliphatic heterocycles. The molecule has 1 fully saturated rings. The zero-order valence-corrected chi connectivity index (χ0v) is 36.7. The summed E-state index contributed by atoms with van der Waals surface area (Å²) >= 11 is 0. The Balaban J connectivity index is 1.43. The van der Waals surface area contributed by atoms with Crippen molar-refractivity contribution >= 4 is 38.2 Å². The van der Waals surface area contributed by atoms with Gasteiger partial charge in [0, 0.05) is 16.7 Å². The van der Waals surface area contributed by atoms with E-state index in [9.17, 15) is 0 Å². The highest BCUT2D eigenvalue weighted by atomic mass is 28.5. The molecule has 3 nitrogen and oxygen atoms in total. The lowest BCUT2D eigenvalue weighted by atomic mass is 9.40. The van der Waals surface area contributed by atoms with Crippen LogP contribution in [0.15, 0.2) is 255 Å². The van der Waals surface area contributed by atoms with Crippen LogP contribution in [0.25, 0.3) is 0 Å². The van der Waals surface area contributed by atoms with Gasteiger partial charge in [-0.15, -0.1) is 0 Å². The first kappa shape index (κ1) is 38.2. The third-order valence-electron chi connectivity index (χ3n) is 12.8. The van der Waals surface area contributed by atoms with Gasteiger partial charge in [0.15, 0.2) is 0 Å². The van der Waals surface area contributed by atoms with E-state index >= 15 is 0 Å². The summed E-state index contributed by atoms with van der Waals surface area (Å²) < 4.78 is 22.9. The Bertz CT molecular complexity index is 2510. The van der Waals surface area contributed by atoms with Gasteiger partial charge in [-0.3, -0.25) is 0 Å². The molecule has 1 heterocycles. The van der Waals surface area contributed by atoms with Crippen LogP contribution in [0.4, 0.5) is 0 Å². The lowest BCUT2D eigenvalue weighted by Gasteiger charge is -2.66. The molecule has 0 N–H and O–H groups in total. The van der Waals surface area contributed by atoms with Crippen LogP contribution in [0.3, 0.4) is 0 Å². The lowest BCUT2D eigenvalue weighted by Crippen LogP contribution is -2.74. The molecule has 6 heteroatoms. The maximum atomic E-state index is 7.84. The second-order valence-corrected chi connectivity index (χ2v) is 23.2. The van der Waals surface area contributed by atoms with Crippen molar-refractivity contribution in [2.24, 2.45) is 0 Å². The Morgan fingerprint density at radius 1 is 0.333 bits per heavy atom. The maximum Gasteiger partial charge on any atom is 0.338 e.